The van der Waals surface area contributed by atoms with Crippen molar-refractivity contribution in [1.82, 2.24) is 15.1 Å². The number of carbonyl (C=O) groups is 3. The zero-order valence-electron chi connectivity index (χ0n) is 25.6. The van der Waals surface area contributed by atoms with E-state index in [-0.39, 0.29) is 56.3 Å². The first-order chi connectivity index (χ1) is 21.2. The lowest BCUT2D eigenvalue weighted by molar-refractivity contribution is -0.134. The van der Waals surface area contributed by atoms with E-state index in [2.05, 4.69) is 16.0 Å². The summed E-state index contributed by atoms with van der Waals surface area (Å²) < 4.78 is 17.3. The van der Waals surface area contributed by atoms with Gasteiger partial charge in [-0.3, -0.25) is 4.79 Å². The van der Waals surface area contributed by atoms with Crippen LogP contribution in [0.15, 0.2) is 36.4 Å². The highest BCUT2D eigenvalue weighted by molar-refractivity contribution is 5.90. The van der Waals surface area contributed by atoms with Crippen molar-refractivity contribution < 1.29 is 33.7 Å². The Morgan fingerprint density at radius 1 is 1.02 bits per heavy atom. The highest BCUT2D eigenvalue weighted by Crippen LogP contribution is 2.34. The molecule has 3 atom stereocenters. The number of likely N-dealkylation sites (N-methyl/N-ethyl adjacent to an activating group) is 1. The minimum atomic E-state index is -0.478. The van der Waals surface area contributed by atoms with E-state index in [1.54, 1.807) is 55.3 Å². The molecule has 2 aromatic carbocycles. The quantitative estimate of drug-likeness (QED) is 0.369. The van der Waals surface area contributed by atoms with Gasteiger partial charge in [0.05, 0.1) is 25.6 Å². The number of aliphatic hydroxyl groups excluding tert-OH is 1. The Labute approximate surface area is 258 Å². The molecule has 0 radical (unpaired) electrons. The Kier molecular flexibility index (Phi) is 9.99. The zero-order chi connectivity index (χ0) is 31.2. The number of hydrogen-bond donors (Lipinski definition) is 4. The maximum Gasteiger partial charge on any atom is 0.321 e. The molecule has 2 aliphatic heterocycles. The Balaban J connectivity index is 1.32. The van der Waals surface area contributed by atoms with Gasteiger partial charge in [0.15, 0.2) is 11.5 Å². The van der Waals surface area contributed by atoms with Crippen LogP contribution in [0.3, 0.4) is 0 Å². The molecule has 0 aromatic heterocycles. The summed E-state index contributed by atoms with van der Waals surface area (Å²) in [6.45, 7) is 4.30. The first kappa shape index (κ1) is 31.2. The minimum Gasteiger partial charge on any atom is -0.488 e. The number of nitrogens with one attached hydrogen (secondary N) is 3. The van der Waals surface area contributed by atoms with E-state index >= 15 is 0 Å². The third-order valence-corrected chi connectivity index (χ3v) is 8.54. The Hall–Kier alpha value is -4.19. The van der Waals surface area contributed by atoms with Crippen LogP contribution in [-0.2, 0) is 11.2 Å². The number of benzene rings is 2. The second kappa shape index (κ2) is 14.1. The number of rotatable bonds is 7. The second-order valence-corrected chi connectivity index (χ2v) is 12.0. The third-order valence-electron chi connectivity index (χ3n) is 8.54. The lowest BCUT2D eigenvalue weighted by Crippen LogP contribution is -2.48. The fraction of sp³-hybridized carbons (Fsp3) is 0.531. The predicted molar refractivity (Wildman–Crippen MR) is 165 cm³/mol. The maximum atomic E-state index is 13.5. The zero-order valence-corrected chi connectivity index (χ0v) is 25.6. The number of carbonyl (C=O) groups excluding carboxylic acids is 3. The average Bonchev–Trinajstić information content (AvgIpc) is 3.49. The number of aliphatic hydroxyl groups is 1. The van der Waals surface area contributed by atoms with Crippen molar-refractivity contribution >= 4 is 29.3 Å². The molecule has 5 rings (SSSR count). The molecule has 1 fully saturated rings. The summed E-state index contributed by atoms with van der Waals surface area (Å²) in [5.74, 6) is 1.37. The van der Waals surface area contributed by atoms with Gasteiger partial charge in [0, 0.05) is 48.6 Å². The number of urea groups is 2. The van der Waals surface area contributed by atoms with Crippen molar-refractivity contribution in [3.05, 3.63) is 42.0 Å². The molecule has 2 aromatic rings. The predicted octanol–water partition coefficient (Wildman–Crippen LogP) is 4.18. The van der Waals surface area contributed by atoms with Crippen LogP contribution in [0.25, 0.3) is 0 Å². The number of fused-ring (bicyclic) bond motifs is 2. The van der Waals surface area contributed by atoms with Crippen LogP contribution in [0.4, 0.5) is 21.0 Å². The summed E-state index contributed by atoms with van der Waals surface area (Å²) in [5.41, 5.74) is 1.74. The molecule has 0 saturated heterocycles. The lowest BCUT2D eigenvalue weighted by Gasteiger charge is -2.34. The molecule has 1 aliphatic carbocycles. The van der Waals surface area contributed by atoms with Crippen LogP contribution in [0.5, 0.6) is 17.2 Å². The van der Waals surface area contributed by atoms with Crippen molar-refractivity contribution in [2.75, 3.05) is 44.2 Å². The van der Waals surface area contributed by atoms with E-state index in [9.17, 15) is 19.5 Å². The highest BCUT2D eigenvalue weighted by atomic mass is 16.7. The normalized spacial score (nSPS) is 20.7. The molecule has 5 amide bonds. The molecule has 238 valence electrons. The fourth-order valence-corrected chi connectivity index (χ4v) is 5.87. The van der Waals surface area contributed by atoms with Gasteiger partial charge in [0.2, 0.25) is 12.7 Å². The Bertz CT molecular complexity index is 1350. The lowest BCUT2D eigenvalue weighted by atomic mass is 9.96. The maximum absolute atomic E-state index is 13.5. The van der Waals surface area contributed by atoms with Gasteiger partial charge in [0.25, 0.3) is 0 Å². The summed E-state index contributed by atoms with van der Waals surface area (Å²) in [7, 11) is 1.68. The first-order valence-electron chi connectivity index (χ1n) is 15.4. The van der Waals surface area contributed by atoms with Gasteiger partial charge in [-0.25, -0.2) is 9.59 Å². The number of amides is 5. The van der Waals surface area contributed by atoms with Gasteiger partial charge in [-0.15, -0.1) is 0 Å². The van der Waals surface area contributed by atoms with Gasteiger partial charge in [-0.1, -0.05) is 26.2 Å². The average molecular weight is 610 g/mol. The summed E-state index contributed by atoms with van der Waals surface area (Å²) in [4.78, 5) is 42.6. The van der Waals surface area contributed by atoms with Gasteiger partial charge >= 0.3 is 12.1 Å². The van der Waals surface area contributed by atoms with Crippen molar-refractivity contribution in [2.24, 2.45) is 5.92 Å². The van der Waals surface area contributed by atoms with E-state index in [0.29, 0.717) is 40.7 Å². The van der Waals surface area contributed by atoms with Crippen LogP contribution < -0.4 is 30.2 Å². The molecule has 4 N–H and O–H groups in total. The Morgan fingerprint density at radius 2 is 1.73 bits per heavy atom. The highest BCUT2D eigenvalue weighted by Gasteiger charge is 2.32. The number of anilines is 2. The van der Waals surface area contributed by atoms with Crippen LogP contribution in [0, 0.1) is 5.92 Å². The summed E-state index contributed by atoms with van der Waals surface area (Å²) in [6, 6.07) is 9.64. The van der Waals surface area contributed by atoms with Crippen molar-refractivity contribution in [1.29, 1.82) is 0 Å². The van der Waals surface area contributed by atoms with E-state index in [1.807, 2.05) is 6.92 Å². The largest absolute Gasteiger partial charge is 0.488 e. The molecule has 12 nitrogen and oxygen atoms in total. The minimum absolute atomic E-state index is 0.0410. The van der Waals surface area contributed by atoms with Crippen molar-refractivity contribution in [3.63, 3.8) is 0 Å². The smallest absolute Gasteiger partial charge is 0.321 e. The third kappa shape index (κ3) is 7.65. The summed E-state index contributed by atoms with van der Waals surface area (Å²) in [5, 5.41) is 18.8. The molecule has 3 aliphatic rings. The number of ether oxygens (including phenoxy) is 3. The van der Waals surface area contributed by atoms with Crippen molar-refractivity contribution in [2.45, 2.75) is 70.6 Å². The molecule has 1 saturated carbocycles. The molecular formula is C32H43N5O7. The van der Waals surface area contributed by atoms with E-state index in [4.69, 9.17) is 14.2 Å². The Morgan fingerprint density at radius 3 is 2.48 bits per heavy atom. The number of hydrogen-bond acceptors (Lipinski definition) is 7. The SMILES string of the molecule is C[C@H](CO)N1C[C@H](C)[C@@H](CN(C)C(=O)Nc2ccc3c(c2)OCO3)Oc2ccc(NC(=O)NC3CCCCC3)cc2CC1=O. The first-order valence-corrected chi connectivity index (χ1v) is 15.4. The topological polar surface area (TPSA) is 142 Å². The van der Waals surface area contributed by atoms with E-state index in [1.165, 1.54) is 11.3 Å². The van der Waals surface area contributed by atoms with Crippen LogP contribution in [0.2, 0.25) is 0 Å². The monoisotopic (exact) mass is 609 g/mol. The molecule has 0 spiro atoms. The van der Waals surface area contributed by atoms with E-state index < -0.39 is 12.1 Å². The van der Waals surface area contributed by atoms with Gasteiger partial charge in [-0.05, 0) is 50.1 Å². The van der Waals surface area contributed by atoms with Crippen LogP contribution in [-0.4, -0.2) is 84.6 Å². The standard InChI is InChI=1S/C32H43N5O7/c1-20-16-37(21(2)18-38)30(39)14-22-13-24(34-31(40)33-23-7-5-4-6-8-23)9-11-26(22)44-29(20)17-36(3)32(41)35-25-10-12-27-28(15-25)43-19-42-27/h9-13,15,20-21,23,29,38H,4-8,14,16-19H2,1-3H3,(H,35,41)(H2,33,34,40)/t20-,21+,29+/m0/s1. The van der Waals surface area contributed by atoms with Crippen LogP contribution in [0.1, 0.15) is 51.5 Å². The molecule has 44 heavy (non-hydrogen) atoms. The van der Waals surface area contributed by atoms with Gasteiger partial charge in [0.1, 0.15) is 11.9 Å². The van der Waals surface area contributed by atoms with Gasteiger partial charge in [-0.2, -0.15) is 0 Å². The molecule has 2 heterocycles. The second-order valence-electron chi connectivity index (χ2n) is 12.0. The van der Waals surface area contributed by atoms with Gasteiger partial charge < -0.3 is 45.1 Å². The molecular weight excluding hydrogens is 566 g/mol. The van der Waals surface area contributed by atoms with Crippen molar-refractivity contribution in [3.8, 4) is 17.2 Å². The fourth-order valence-electron chi connectivity index (χ4n) is 5.87. The molecule has 12 heteroatoms. The summed E-state index contributed by atoms with van der Waals surface area (Å²) in [6.07, 6.45) is 4.93. The van der Waals surface area contributed by atoms with Crippen LogP contribution >= 0.6 is 0 Å². The summed E-state index contributed by atoms with van der Waals surface area (Å²) >= 11 is 0. The number of nitrogens with zero attached hydrogens (tertiary/aromatic N) is 2. The van der Waals surface area contributed by atoms with E-state index in [0.717, 1.165) is 25.7 Å². The molecule has 0 unspecified atom stereocenters. The molecule has 0 bridgehead atoms.